The van der Waals surface area contributed by atoms with E-state index in [0.717, 1.165) is 0 Å². The molecule has 2 aliphatic rings. The number of hydrogen-bond acceptors (Lipinski definition) is 6. The molecule has 2 rings (SSSR count). The number of carbonyl (C=O) groups is 1. The van der Waals surface area contributed by atoms with Gasteiger partial charge in [0.15, 0.2) is 0 Å². The lowest BCUT2D eigenvalue weighted by molar-refractivity contribution is -0.421. The Hall–Kier alpha value is -2.31. The van der Waals surface area contributed by atoms with Crippen molar-refractivity contribution < 1.29 is 14.5 Å². The molecule has 0 saturated heterocycles. The van der Waals surface area contributed by atoms with E-state index in [1.165, 1.54) is 13.3 Å². The van der Waals surface area contributed by atoms with Crippen molar-refractivity contribution in [2.24, 2.45) is 5.92 Å². The lowest BCUT2D eigenvalue weighted by atomic mass is 9.95. The Morgan fingerprint density at radius 3 is 3.11 bits per heavy atom. The molecule has 0 saturated carbocycles. The summed E-state index contributed by atoms with van der Waals surface area (Å²) >= 11 is 0. The van der Waals surface area contributed by atoms with Gasteiger partial charge in [-0.2, -0.15) is 0 Å². The summed E-state index contributed by atoms with van der Waals surface area (Å²) in [4.78, 5) is 21.9. The second-order valence-electron chi connectivity index (χ2n) is 3.97. The second kappa shape index (κ2) is 4.91. The second-order valence-corrected chi connectivity index (χ2v) is 3.97. The van der Waals surface area contributed by atoms with Gasteiger partial charge in [0, 0.05) is 24.4 Å². The molecule has 7 nitrogen and oxygen atoms in total. The maximum atomic E-state index is 11.3. The molecule has 7 heteroatoms. The minimum atomic E-state index is -0.452. The summed E-state index contributed by atoms with van der Waals surface area (Å²) in [7, 11) is 1.30. The Balaban J connectivity index is 2.31. The number of hydrogen-bond donors (Lipinski definition) is 2. The fourth-order valence-electron chi connectivity index (χ4n) is 2.09. The molecule has 0 radical (unpaired) electrons. The van der Waals surface area contributed by atoms with Crippen molar-refractivity contribution in [3.05, 3.63) is 45.6 Å². The highest BCUT2D eigenvalue weighted by Gasteiger charge is 2.35. The molecular weight excluding hydrogens is 238 g/mol. The van der Waals surface area contributed by atoms with Crippen LogP contribution in [0.5, 0.6) is 0 Å². The first-order valence-electron chi connectivity index (χ1n) is 5.46. The van der Waals surface area contributed by atoms with Crippen LogP contribution in [0.2, 0.25) is 0 Å². The SMILES string of the molecule is COC(=O)CC1CNC2=C1C([N+](=O)[O-])=CNC=C2. The maximum absolute atomic E-state index is 11.3. The van der Waals surface area contributed by atoms with Crippen molar-refractivity contribution in [3.8, 4) is 0 Å². The van der Waals surface area contributed by atoms with E-state index in [-0.39, 0.29) is 24.0 Å². The molecule has 2 aliphatic heterocycles. The van der Waals surface area contributed by atoms with Gasteiger partial charge < -0.3 is 15.4 Å². The lowest BCUT2D eigenvalue weighted by Gasteiger charge is -2.10. The highest BCUT2D eigenvalue weighted by Crippen LogP contribution is 2.31. The van der Waals surface area contributed by atoms with Crippen molar-refractivity contribution in [3.63, 3.8) is 0 Å². The number of methoxy groups -OCH3 is 1. The van der Waals surface area contributed by atoms with E-state index in [2.05, 4.69) is 15.4 Å². The Morgan fingerprint density at radius 1 is 1.67 bits per heavy atom. The summed E-state index contributed by atoms with van der Waals surface area (Å²) in [6, 6.07) is 0. The minimum absolute atomic E-state index is 0.0195. The number of rotatable bonds is 3. The standard InChI is InChI=1S/C11H13N3O4/c1-18-10(15)4-7-5-13-8-2-3-12-6-9(11(7)8)14(16)17/h2-3,6-7,12-13H,4-5H2,1H3. The van der Waals surface area contributed by atoms with Crippen LogP contribution in [0.15, 0.2) is 35.4 Å². The summed E-state index contributed by atoms with van der Waals surface area (Å²) in [5.41, 5.74) is 1.21. The molecule has 18 heavy (non-hydrogen) atoms. The fourth-order valence-corrected chi connectivity index (χ4v) is 2.09. The molecule has 1 unspecified atom stereocenters. The smallest absolute Gasteiger partial charge is 0.306 e. The third kappa shape index (κ3) is 2.20. The van der Waals surface area contributed by atoms with Gasteiger partial charge in [0.25, 0.3) is 5.70 Å². The summed E-state index contributed by atoms with van der Waals surface area (Å²) < 4.78 is 4.61. The van der Waals surface area contributed by atoms with Crippen LogP contribution in [-0.2, 0) is 9.53 Å². The number of ether oxygens (including phenoxy) is 1. The topological polar surface area (TPSA) is 93.5 Å². The average Bonchev–Trinajstić information content (AvgIpc) is 2.61. The van der Waals surface area contributed by atoms with Crippen molar-refractivity contribution in [1.82, 2.24) is 10.6 Å². The highest BCUT2D eigenvalue weighted by atomic mass is 16.6. The zero-order valence-corrected chi connectivity index (χ0v) is 9.80. The normalized spacial score (nSPS) is 21.4. The zero-order valence-electron chi connectivity index (χ0n) is 9.80. The molecule has 0 bridgehead atoms. The summed E-state index contributed by atoms with van der Waals surface area (Å²) in [5.74, 6) is -0.618. The number of allylic oxidation sites excluding steroid dienone is 2. The minimum Gasteiger partial charge on any atom is -0.469 e. The van der Waals surface area contributed by atoms with E-state index in [1.54, 1.807) is 12.3 Å². The molecular formula is C11H13N3O4. The molecule has 96 valence electrons. The van der Waals surface area contributed by atoms with Gasteiger partial charge in [0.05, 0.1) is 30.2 Å². The summed E-state index contributed by atoms with van der Waals surface area (Å²) in [6.07, 6.45) is 4.79. The van der Waals surface area contributed by atoms with Crippen LogP contribution in [0.4, 0.5) is 0 Å². The molecule has 0 spiro atoms. The lowest BCUT2D eigenvalue weighted by Crippen LogP contribution is -2.19. The van der Waals surface area contributed by atoms with E-state index >= 15 is 0 Å². The van der Waals surface area contributed by atoms with E-state index in [9.17, 15) is 14.9 Å². The number of carbonyl (C=O) groups excluding carboxylic acids is 1. The molecule has 0 aliphatic carbocycles. The van der Waals surface area contributed by atoms with Gasteiger partial charge in [0.2, 0.25) is 0 Å². The van der Waals surface area contributed by atoms with Gasteiger partial charge in [-0.3, -0.25) is 14.9 Å². The first kappa shape index (κ1) is 12.2. The van der Waals surface area contributed by atoms with E-state index < -0.39 is 4.92 Å². The van der Waals surface area contributed by atoms with Gasteiger partial charge in [0.1, 0.15) is 0 Å². The highest BCUT2D eigenvalue weighted by molar-refractivity contribution is 5.70. The van der Waals surface area contributed by atoms with Crippen LogP contribution in [0, 0.1) is 16.0 Å². The van der Waals surface area contributed by atoms with Crippen molar-refractivity contribution in [1.29, 1.82) is 0 Å². The monoisotopic (exact) mass is 251 g/mol. The van der Waals surface area contributed by atoms with E-state index in [1.807, 2.05) is 0 Å². The summed E-state index contributed by atoms with van der Waals surface area (Å²) in [5, 5.41) is 16.8. The van der Waals surface area contributed by atoms with Crippen LogP contribution in [-0.4, -0.2) is 24.5 Å². The van der Waals surface area contributed by atoms with Gasteiger partial charge >= 0.3 is 5.97 Å². The van der Waals surface area contributed by atoms with Crippen LogP contribution in [0.3, 0.4) is 0 Å². The van der Waals surface area contributed by atoms with Crippen molar-refractivity contribution >= 4 is 5.97 Å². The fraction of sp³-hybridized carbons (Fsp3) is 0.364. The zero-order chi connectivity index (χ0) is 13.1. The Morgan fingerprint density at radius 2 is 2.44 bits per heavy atom. The van der Waals surface area contributed by atoms with Gasteiger partial charge in [-0.25, -0.2) is 0 Å². The van der Waals surface area contributed by atoms with Crippen LogP contribution in [0.25, 0.3) is 0 Å². The maximum Gasteiger partial charge on any atom is 0.306 e. The van der Waals surface area contributed by atoms with E-state index in [0.29, 0.717) is 17.8 Å². The Bertz CT molecular complexity index is 479. The van der Waals surface area contributed by atoms with Gasteiger partial charge in [-0.1, -0.05) is 0 Å². The van der Waals surface area contributed by atoms with Gasteiger partial charge in [-0.05, 0) is 6.08 Å². The molecule has 0 aromatic carbocycles. The van der Waals surface area contributed by atoms with Crippen LogP contribution in [0.1, 0.15) is 6.42 Å². The third-order valence-corrected chi connectivity index (χ3v) is 2.92. The van der Waals surface area contributed by atoms with E-state index in [4.69, 9.17) is 0 Å². The molecule has 2 N–H and O–H groups in total. The van der Waals surface area contributed by atoms with Crippen LogP contribution >= 0.6 is 0 Å². The Kier molecular flexibility index (Phi) is 3.31. The molecule has 2 heterocycles. The predicted molar refractivity (Wildman–Crippen MR) is 62.5 cm³/mol. The molecule has 1 atom stereocenters. The quantitative estimate of drug-likeness (QED) is 0.424. The van der Waals surface area contributed by atoms with Crippen molar-refractivity contribution in [2.45, 2.75) is 6.42 Å². The third-order valence-electron chi connectivity index (χ3n) is 2.92. The number of esters is 1. The first-order chi connectivity index (χ1) is 8.63. The Labute approximate surface area is 103 Å². The number of nitrogens with zero attached hydrogens (tertiary/aromatic N) is 1. The molecule has 0 aromatic heterocycles. The largest absolute Gasteiger partial charge is 0.469 e. The van der Waals surface area contributed by atoms with Crippen LogP contribution < -0.4 is 10.6 Å². The number of nitrogens with one attached hydrogen (secondary N) is 2. The average molecular weight is 251 g/mol. The number of nitro groups is 1. The van der Waals surface area contributed by atoms with Gasteiger partial charge in [-0.15, -0.1) is 0 Å². The van der Waals surface area contributed by atoms with Crippen molar-refractivity contribution in [2.75, 3.05) is 13.7 Å². The summed E-state index contributed by atoms with van der Waals surface area (Å²) in [6.45, 7) is 0.495. The molecule has 0 aromatic rings. The molecule has 0 fully saturated rings. The predicted octanol–water partition coefficient (Wildman–Crippen LogP) is 0.258. The molecule has 0 amide bonds. The first-order valence-corrected chi connectivity index (χ1v) is 5.46.